The molecule has 2 rings (SSSR count). The van der Waals surface area contributed by atoms with Crippen molar-refractivity contribution >= 4 is 5.91 Å². The molecule has 1 unspecified atom stereocenters. The monoisotopic (exact) mass is 247 g/mol. The van der Waals surface area contributed by atoms with Crippen LogP contribution in [0, 0.1) is 23.2 Å². The second-order valence-corrected chi connectivity index (χ2v) is 4.47. The van der Waals surface area contributed by atoms with Crippen LogP contribution in [0.15, 0.2) is 18.3 Å². The van der Waals surface area contributed by atoms with Gasteiger partial charge in [-0.05, 0) is 18.9 Å². The summed E-state index contributed by atoms with van der Waals surface area (Å²) in [6.45, 7) is 0. The SMILES string of the molecule is N#C[C@@H]1CCCCC1NC(=O)c1ccnc(F)c1. The van der Waals surface area contributed by atoms with E-state index in [0.717, 1.165) is 31.7 Å². The zero-order valence-corrected chi connectivity index (χ0v) is 9.90. The summed E-state index contributed by atoms with van der Waals surface area (Å²) >= 11 is 0. The molecule has 94 valence electrons. The molecule has 1 aromatic heterocycles. The fraction of sp³-hybridized carbons (Fsp3) is 0.462. The summed E-state index contributed by atoms with van der Waals surface area (Å²) < 4.78 is 12.9. The maximum atomic E-state index is 12.9. The van der Waals surface area contributed by atoms with Crippen LogP contribution in [0.5, 0.6) is 0 Å². The second-order valence-electron chi connectivity index (χ2n) is 4.47. The highest BCUT2D eigenvalue weighted by molar-refractivity contribution is 5.94. The van der Waals surface area contributed by atoms with Gasteiger partial charge in [-0.25, -0.2) is 4.98 Å². The molecule has 18 heavy (non-hydrogen) atoms. The summed E-state index contributed by atoms with van der Waals surface area (Å²) in [6.07, 6.45) is 4.90. The number of amides is 1. The lowest BCUT2D eigenvalue weighted by molar-refractivity contribution is 0.0916. The van der Waals surface area contributed by atoms with E-state index in [-0.39, 0.29) is 23.4 Å². The van der Waals surface area contributed by atoms with Crippen molar-refractivity contribution in [1.29, 1.82) is 5.26 Å². The summed E-state index contributed by atoms with van der Waals surface area (Å²) in [7, 11) is 0. The minimum atomic E-state index is -0.678. The average molecular weight is 247 g/mol. The van der Waals surface area contributed by atoms with Crippen molar-refractivity contribution in [2.24, 2.45) is 5.92 Å². The molecule has 4 nitrogen and oxygen atoms in total. The molecule has 0 bridgehead atoms. The Kier molecular flexibility index (Phi) is 3.88. The Morgan fingerprint density at radius 2 is 2.28 bits per heavy atom. The standard InChI is InChI=1S/C13H14FN3O/c14-12-7-9(5-6-16-12)13(18)17-11-4-2-1-3-10(11)8-15/h5-7,10-11H,1-4H2,(H,17,18)/t10-,11?/m0/s1. The number of carbonyl (C=O) groups is 1. The molecule has 1 aliphatic rings. The van der Waals surface area contributed by atoms with Gasteiger partial charge in [0.1, 0.15) is 0 Å². The van der Waals surface area contributed by atoms with Gasteiger partial charge in [-0.1, -0.05) is 12.8 Å². The third-order valence-corrected chi connectivity index (χ3v) is 3.24. The van der Waals surface area contributed by atoms with Crippen LogP contribution in [0.1, 0.15) is 36.0 Å². The van der Waals surface area contributed by atoms with Crippen molar-refractivity contribution < 1.29 is 9.18 Å². The highest BCUT2D eigenvalue weighted by Gasteiger charge is 2.26. The quantitative estimate of drug-likeness (QED) is 0.813. The molecule has 0 radical (unpaired) electrons. The molecular formula is C13H14FN3O. The molecule has 0 spiro atoms. The smallest absolute Gasteiger partial charge is 0.251 e. The zero-order valence-electron chi connectivity index (χ0n) is 9.90. The molecule has 0 aliphatic heterocycles. The van der Waals surface area contributed by atoms with E-state index in [9.17, 15) is 9.18 Å². The third-order valence-electron chi connectivity index (χ3n) is 3.24. The van der Waals surface area contributed by atoms with Gasteiger partial charge < -0.3 is 5.32 Å². The van der Waals surface area contributed by atoms with Crippen LogP contribution in [-0.2, 0) is 0 Å². The van der Waals surface area contributed by atoms with Gasteiger partial charge in [0.05, 0.1) is 12.0 Å². The fourth-order valence-electron chi connectivity index (χ4n) is 2.25. The minimum absolute atomic E-state index is 0.132. The van der Waals surface area contributed by atoms with Gasteiger partial charge in [0, 0.05) is 23.9 Å². The van der Waals surface area contributed by atoms with E-state index < -0.39 is 5.95 Å². The van der Waals surface area contributed by atoms with Crippen LogP contribution >= 0.6 is 0 Å². The second kappa shape index (κ2) is 5.58. The summed E-state index contributed by atoms with van der Waals surface area (Å²) in [5, 5.41) is 11.8. The van der Waals surface area contributed by atoms with E-state index in [4.69, 9.17) is 5.26 Å². The Balaban J connectivity index is 2.05. The molecule has 0 aromatic carbocycles. The van der Waals surface area contributed by atoms with Crippen molar-refractivity contribution in [2.45, 2.75) is 31.7 Å². The summed E-state index contributed by atoms with van der Waals surface area (Å²) in [6, 6.07) is 4.65. The van der Waals surface area contributed by atoms with Crippen molar-refractivity contribution in [3.05, 3.63) is 29.8 Å². The molecule has 0 saturated heterocycles. The van der Waals surface area contributed by atoms with Gasteiger partial charge in [0.2, 0.25) is 5.95 Å². The van der Waals surface area contributed by atoms with E-state index in [1.54, 1.807) is 0 Å². The van der Waals surface area contributed by atoms with Crippen molar-refractivity contribution in [2.75, 3.05) is 0 Å². The van der Waals surface area contributed by atoms with Crippen LogP contribution in [-0.4, -0.2) is 16.9 Å². The largest absolute Gasteiger partial charge is 0.348 e. The molecular weight excluding hydrogens is 233 g/mol. The Bertz CT molecular complexity index is 483. The highest BCUT2D eigenvalue weighted by Crippen LogP contribution is 2.24. The van der Waals surface area contributed by atoms with E-state index >= 15 is 0 Å². The van der Waals surface area contributed by atoms with Crippen LogP contribution in [0.3, 0.4) is 0 Å². The highest BCUT2D eigenvalue weighted by atomic mass is 19.1. The number of nitrogens with one attached hydrogen (secondary N) is 1. The Hall–Kier alpha value is -1.96. The number of rotatable bonds is 2. The van der Waals surface area contributed by atoms with Gasteiger partial charge >= 0.3 is 0 Å². The first-order valence-electron chi connectivity index (χ1n) is 6.03. The number of nitrogens with zero attached hydrogens (tertiary/aromatic N) is 2. The zero-order chi connectivity index (χ0) is 13.0. The number of nitriles is 1. The molecule has 5 heteroatoms. The molecule has 2 atom stereocenters. The molecule has 1 fully saturated rings. The summed E-state index contributed by atoms with van der Waals surface area (Å²) in [5.74, 6) is -1.17. The van der Waals surface area contributed by atoms with E-state index in [0.29, 0.717) is 0 Å². The van der Waals surface area contributed by atoms with Gasteiger partial charge in [0.15, 0.2) is 0 Å². The van der Waals surface area contributed by atoms with E-state index in [1.165, 1.54) is 12.3 Å². The van der Waals surface area contributed by atoms with E-state index in [2.05, 4.69) is 16.4 Å². The van der Waals surface area contributed by atoms with Crippen LogP contribution < -0.4 is 5.32 Å². The van der Waals surface area contributed by atoms with Crippen molar-refractivity contribution in [1.82, 2.24) is 10.3 Å². The predicted molar refractivity (Wildman–Crippen MR) is 63.0 cm³/mol. The summed E-state index contributed by atoms with van der Waals surface area (Å²) in [4.78, 5) is 15.3. The fourth-order valence-corrected chi connectivity index (χ4v) is 2.25. The van der Waals surface area contributed by atoms with E-state index in [1.807, 2.05) is 0 Å². The minimum Gasteiger partial charge on any atom is -0.348 e. The van der Waals surface area contributed by atoms with Gasteiger partial charge in [-0.2, -0.15) is 9.65 Å². The maximum absolute atomic E-state index is 12.9. The molecule has 1 saturated carbocycles. The summed E-state index contributed by atoms with van der Waals surface area (Å²) in [5.41, 5.74) is 0.241. The molecule has 1 amide bonds. The number of hydrogen-bond donors (Lipinski definition) is 1. The van der Waals surface area contributed by atoms with Crippen LogP contribution in [0.25, 0.3) is 0 Å². The number of aromatic nitrogens is 1. The Morgan fingerprint density at radius 3 is 3.00 bits per heavy atom. The van der Waals surface area contributed by atoms with Gasteiger partial charge in [-0.15, -0.1) is 0 Å². The lowest BCUT2D eigenvalue weighted by Gasteiger charge is -2.27. The molecule has 1 aromatic rings. The maximum Gasteiger partial charge on any atom is 0.251 e. The van der Waals surface area contributed by atoms with Crippen LogP contribution in [0.4, 0.5) is 4.39 Å². The number of carbonyl (C=O) groups excluding carboxylic acids is 1. The Morgan fingerprint density at radius 1 is 1.50 bits per heavy atom. The topological polar surface area (TPSA) is 65.8 Å². The lowest BCUT2D eigenvalue weighted by Crippen LogP contribution is -2.41. The van der Waals surface area contributed by atoms with Crippen molar-refractivity contribution in [3.8, 4) is 6.07 Å². The predicted octanol–water partition coefficient (Wildman–Crippen LogP) is 2.03. The third kappa shape index (κ3) is 2.83. The van der Waals surface area contributed by atoms with Crippen LogP contribution in [0.2, 0.25) is 0 Å². The lowest BCUT2D eigenvalue weighted by atomic mass is 9.85. The van der Waals surface area contributed by atoms with Gasteiger partial charge in [-0.3, -0.25) is 4.79 Å². The molecule has 1 aliphatic carbocycles. The first kappa shape index (κ1) is 12.5. The number of pyridine rings is 1. The molecule has 1 heterocycles. The van der Waals surface area contributed by atoms with Crippen molar-refractivity contribution in [3.63, 3.8) is 0 Å². The average Bonchev–Trinajstić information content (AvgIpc) is 2.39. The first-order chi connectivity index (χ1) is 8.70. The Labute approximate surface area is 105 Å². The number of hydrogen-bond acceptors (Lipinski definition) is 3. The number of halogens is 1. The first-order valence-corrected chi connectivity index (χ1v) is 6.03. The van der Waals surface area contributed by atoms with Gasteiger partial charge in [0.25, 0.3) is 5.91 Å². The molecule has 1 N–H and O–H groups in total. The normalized spacial score (nSPS) is 23.1.